The number of Topliss-reactive ketones (excluding diaryl/α,β-unsaturated/α-hetero) is 1. The Labute approximate surface area is 317 Å². The summed E-state index contributed by atoms with van der Waals surface area (Å²) in [7, 11) is 1.75. The first-order valence-corrected chi connectivity index (χ1v) is 21.2. The summed E-state index contributed by atoms with van der Waals surface area (Å²) >= 11 is 0. The summed E-state index contributed by atoms with van der Waals surface area (Å²) in [5.74, 6) is -0.741. The molecule has 0 saturated carbocycles. The highest BCUT2D eigenvalue weighted by Crippen LogP contribution is 2.58. The summed E-state index contributed by atoms with van der Waals surface area (Å²) in [4.78, 5) is 20.0. The number of methoxy groups -OCH3 is 1. The Bertz CT molecular complexity index is 1520. The van der Waals surface area contributed by atoms with Crippen molar-refractivity contribution in [2.75, 3.05) is 26.8 Å². The minimum atomic E-state index is -1.22. The van der Waals surface area contributed by atoms with E-state index in [0.29, 0.717) is 51.6 Å². The summed E-state index contributed by atoms with van der Waals surface area (Å²) in [6, 6.07) is 0. The summed E-state index contributed by atoms with van der Waals surface area (Å²) < 4.78 is 68.7. The smallest absolute Gasteiger partial charge is 0.214 e. The van der Waals surface area contributed by atoms with E-state index in [-0.39, 0.29) is 103 Å². The van der Waals surface area contributed by atoms with Gasteiger partial charge in [0.25, 0.3) is 0 Å². The molecule has 0 aliphatic carbocycles. The average Bonchev–Trinajstić information content (AvgIpc) is 3.82. The topological polar surface area (TPSA) is 134 Å². The largest absolute Gasteiger partial charge is 0.378 e. The van der Waals surface area contributed by atoms with Crippen molar-refractivity contribution in [3.8, 4) is 0 Å². The lowest BCUT2D eigenvalue weighted by Crippen LogP contribution is -2.70. The van der Waals surface area contributed by atoms with Gasteiger partial charge in [-0.25, -0.2) is 0 Å². The highest BCUT2D eigenvalue weighted by atomic mass is 16.8. The molecule has 298 valence electrons. The van der Waals surface area contributed by atoms with E-state index in [0.717, 1.165) is 56.5 Å². The second-order valence-electron chi connectivity index (χ2n) is 18.4. The first-order valence-electron chi connectivity index (χ1n) is 21.2. The van der Waals surface area contributed by atoms with Crippen LogP contribution in [0.4, 0.5) is 0 Å². The predicted octanol–water partition coefficient (Wildman–Crippen LogP) is 3.33. The lowest BCUT2D eigenvalue weighted by molar-refractivity contribution is -0.330. The van der Waals surface area contributed by atoms with Crippen LogP contribution in [0, 0.1) is 11.8 Å². The first-order chi connectivity index (χ1) is 26.3. The molecule has 13 heterocycles. The minimum absolute atomic E-state index is 0.00612. The molecule has 0 aromatic heterocycles. The third-order valence-electron chi connectivity index (χ3n) is 14.9. The number of aliphatic imine (C=N–C) groups is 1. The molecule has 0 aromatic carbocycles. The van der Waals surface area contributed by atoms with Crippen molar-refractivity contribution in [2.45, 2.75) is 193 Å². The van der Waals surface area contributed by atoms with E-state index in [2.05, 4.69) is 18.8 Å². The maximum Gasteiger partial charge on any atom is 0.214 e. The van der Waals surface area contributed by atoms with Crippen LogP contribution >= 0.6 is 0 Å². The number of nitrogens with one attached hydrogen (secondary N) is 1. The Balaban J connectivity index is 1.01. The van der Waals surface area contributed by atoms with E-state index >= 15 is 0 Å². The molecule has 54 heavy (non-hydrogen) atoms. The van der Waals surface area contributed by atoms with Gasteiger partial charge < -0.3 is 52.7 Å². The quantitative estimate of drug-likeness (QED) is 0.424. The molecule has 13 aliphatic rings. The van der Waals surface area contributed by atoms with Gasteiger partial charge in [-0.3, -0.25) is 9.79 Å². The SMILES string of the molecule is C=C1C[C@@H]2CC[C@@]34C[C@H]5OC6[C@@H](O[C@H]7CC[C@@H]8CC(=O)C[C@@H]9[C@@H](OC)[C@@H](C[C@H]%10CNCCO%10)O[C@H]9C[C@H]9O[C@@H](CC[C@@H]1O2)C[C@@H](C)/C9=N/[C@@]7(O8)[C@@H]6O3)[C@H]5O4. The van der Waals surface area contributed by atoms with Gasteiger partial charge in [0.15, 0.2) is 5.79 Å². The van der Waals surface area contributed by atoms with Gasteiger partial charge in [0.05, 0.1) is 67.6 Å². The van der Waals surface area contributed by atoms with Crippen molar-refractivity contribution in [3.05, 3.63) is 12.2 Å². The number of rotatable bonds is 3. The van der Waals surface area contributed by atoms with Crippen molar-refractivity contribution >= 4 is 11.5 Å². The van der Waals surface area contributed by atoms with Crippen LogP contribution in [0.5, 0.6) is 0 Å². The number of nitrogens with zero attached hydrogens (tertiary/aromatic N) is 1. The van der Waals surface area contributed by atoms with Gasteiger partial charge in [-0.15, -0.1) is 0 Å². The number of fused-ring (bicyclic) bond motifs is 5. The third-order valence-corrected chi connectivity index (χ3v) is 14.9. The van der Waals surface area contributed by atoms with Crippen molar-refractivity contribution < 1.29 is 52.2 Å². The van der Waals surface area contributed by atoms with Crippen LogP contribution in [0.1, 0.15) is 90.4 Å². The number of hydrogen-bond donors (Lipinski definition) is 1. The molecule has 10 saturated heterocycles. The number of morpholine rings is 1. The fourth-order valence-corrected chi connectivity index (χ4v) is 12.5. The summed E-state index contributed by atoms with van der Waals surface area (Å²) in [6.45, 7) is 9.04. The lowest BCUT2D eigenvalue weighted by Gasteiger charge is -2.54. The normalized spacial score (nSPS) is 56.1. The van der Waals surface area contributed by atoms with E-state index in [4.69, 9.17) is 52.4 Å². The van der Waals surface area contributed by atoms with Crippen LogP contribution in [0.25, 0.3) is 0 Å². The zero-order valence-electron chi connectivity index (χ0n) is 31.8. The molecular formula is C41H58N2O11. The standard InChI is InChI=1S/C41H58N2O11/c1-20-12-24-8-9-40-18-32-36(53-40)37-38(50-32)39(54-40)41-33(51-37)7-5-25(52-41)14-22(44)15-27-29(49-31(35(27)45-3)16-26-19-42-10-11-46-26)17-30-34(43-41)21(2)13-23(48-30)4-6-28(20)47-24/h21,23-33,35-39,42H,1,4-19H2,2-3H3/b43-34-/t21-,23+,24+,25-,26+,27+,28+,29+,30-,31-,32-,33+,35-,36+,37+,38?,39-,40+,41+/m1/s1. The Kier molecular flexibility index (Phi) is 9.02. The number of hydrogen-bond acceptors (Lipinski definition) is 13. The molecule has 13 nitrogen and oxygen atoms in total. The van der Waals surface area contributed by atoms with Crippen LogP contribution in [-0.2, 0) is 52.2 Å². The fraction of sp³-hybridized carbons (Fsp3) is 0.902. The van der Waals surface area contributed by atoms with Gasteiger partial charge in [0.1, 0.15) is 36.3 Å². The summed E-state index contributed by atoms with van der Waals surface area (Å²) in [5, 5.41) is 3.45. The van der Waals surface area contributed by atoms with Crippen LogP contribution in [0.2, 0.25) is 0 Å². The van der Waals surface area contributed by atoms with Gasteiger partial charge in [0.2, 0.25) is 5.72 Å². The van der Waals surface area contributed by atoms with Crippen molar-refractivity contribution in [3.63, 3.8) is 0 Å². The molecule has 0 aromatic rings. The average molecular weight is 755 g/mol. The monoisotopic (exact) mass is 754 g/mol. The first kappa shape index (κ1) is 35.8. The predicted molar refractivity (Wildman–Crippen MR) is 191 cm³/mol. The van der Waals surface area contributed by atoms with Crippen LogP contribution in [0.3, 0.4) is 0 Å². The summed E-state index contributed by atoms with van der Waals surface area (Å²) in [6.07, 6.45) is 5.56. The number of carbonyl (C=O) groups excluding carboxylic acids is 1. The molecule has 0 radical (unpaired) electrons. The fourth-order valence-electron chi connectivity index (χ4n) is 12.5. The van der Waals surface area contributed by atoms with Crippen molar-refractivity contribution in [1.29, 1.82) is 0 Å². The van der Waals surface area contributed by atoms with Crippen molar-refractivity contribution in [1.82, 2.24) is 5.32 Å². The molecular weight excluding hydrogens is 696 g/mol. The van der Waals surface area contributed by atoms with Crippen LogP contribution < -0.4 is 5.32 Å². The van der Waals surface area contributed by atoms with Crippen LogP contribution in [0.15, 0.2) is 17.1 Å². The molecule has 13 aliphatic heterocycles. The van der Waals surface area contributed by atoms with E-state index in [1.807, 2.05) is 0 Å². The molecule has 19 atom stereocenters. The lowest BCUT2D eigenvalue weighted by atomic mass is 9.79. The van der Waals surface area contributed by atoms with E-state index in [1.54, 1.807) is 7.11 Å². The second kappa shape index (κ2) is 13.6. The van der Waals surface area contributed by atoms with Gasteiger partial charge in [0, 0.05) is 70.4 Å². The van der Waals surface area contributed by atoms with Gasteiger partial charge in [-0.2, -0.15) is 0 Å². The Morgan fingerprint density at radius 2 is 1.76 bits per heavy atom. The van der Waals surface area contributed by atoms with Gasteiger partial charge in [-0.05, 0) is 56.4 Å². The number of ether oxygens (including phenoxy) is 10. The molecule has 13 rings (SSSR count). The highest BCUT2D eigenvalue weighted by molar-refractivity contribution is 5.92. The molecule has 2 spiro atoms. The number of carbonyl (C=O) groups is 1. The van der Waals surface area contributed by atoms with E-state index in [1.165, 1.54) is 0 Å². The van der Waals surface area contributed by atoms with Crippen LogP contribution in [-0.4, -0.2) is 141 Å². The molecule has 1 unspecified atom stereocenters. The maximum absolute atomic E-state index is 14.2. The van der Waals surface area contributed by atoms with Crippen molar-refractivity contribution in [2.24, 2.45) is 16.8 Å². The minimum Gasteiger partial charge on any atom is -0.378 e. The zero-order valence-corrected chi connectivity index (χ0v) is 31.8. The number of ketones is 1. The summed E-state index contributed by atoms with van der Waals surface area (Å²) in [5.41, 5.74) is 0.904. The van der Waals surface area contributed by atoms with Gasteiger partial charge in [-0.1, -0.05) is 13.5 Å². The second-order valence-corrected chi connectivity index (χ2v) is 18.4. The third kappa shape index (κ3) is 5.88. The molecule has 13 bridgehead atoms. The molecule has 13 heteroatoms. The molecule has 10 fully saturated rings. The maximum atomic E-state index is 14.2. The molecule has 0 amide bonds. The Morgan fingerprint density at radius 1 is 0.870 bits per heavy atom. The van der Waals surface area contributed by atoms with E-state index in [9.17, 15) is 4.79 Å². The Hall–Kier alpha value is -1.36. The molecule has 1 N–H and O–H groups in total. The van der Waals surface area contributed by atoms with Gasteiger partial charge >= 0.3 is 0 Å². The Morgan fingerprint density at radius 3 is 2.63 bits per heavy atom. The zero-order chi connectivity index (χ0) is 36.3. The highest BCUT2D eigenvalue weighted by Gasteiger charge is 2.73. The van der Waals surface area contributed by atoms with E-state index < -0.39 is 23.7 Å².